The molecule has 1 saturated heterocycles. The average molecular weight is 393 g/mol. The lowest BCUT2D eigenvalue weighted by molar-refractivity contribution is -0.0403. The van der Waals surface area contributed by atoms with Gasteiger partial charge in [0.1, 0.15) is 18.5 Å². The number of Topliss-reactive ketones (excluding diaryl/α,β-unsaturated/α-hetero) is 1. The third-order valence-electron chi connectivity index (χ3n) is 4.16. The largest absolute Gasteiger partial charge is 0.490 e. The number of ether oxygens (including phenoxy) is 2. The van der Waals surface area contributed by atoms with Crippen LogP contribution < -0.4 is 4.74 Å². The van der Waals surface area contributed by atoms with Gasteiger partial charge < -0.3 is 14.4 Å². The van der Waals surface area contributed by atoms with Crippen LogP contribution in [0.5, 0.6) is 5.75 Å². The van der Waals surface area contributed by atoms with Crippen molar-refractivity contribution in [1.29, 1.82) is 0 Å². The maximum atomic E-state index is 13.8. The Labute approximate surface area is 160 Å². The van der Waals surface area contributed by atoms with Gasteiger partial charge in [-0.05, 0) is 37.3 Å². The summed E-state index contributed by atoms with van der Waals surface area (Å²) < 4.78 is 25.1. The minimum Gasteiger partial charge on any atom is -0.490 e. The summed E-state index contributed by atoms with van der Waals surface area (Å²) in [5, 5.41) is 0.441. The zero-order valence-corrected chi connectivity index (χ0v) is 15.4. The predicted octanol–water partition coefficient (Wildman–Crippen LogP) is 3.00. The third-order valence-corrected chi connectivity index (χ3v) is 4.40. The summed E-state index contributed by atoms with van der Waals surface area (Å²) in [6, 6.07) is 7.71. The van der Waals surface area contributed by atoms with Crippen LogP contribution >= 0.6 is 11.6 Å². The van der Waals surface area contributed by atoms with Crippen molar-refractivity contribution in [1.82, 2.24) is 9.88 Å². The zero-order chi connectivity index (χ0) is 19.4. The molecule has 0 radical (unpaired) electrons. The van der Waals surface area contributed by atoms with Crippen LogP contribution in [0.3, 0.4) is 0 Å². The molecule has 1 amide bonds. The molecule has 1 aromatic heterocycles. The number of benzene rings is 1. The van der Waals surface area contributed by atoms with Crippen molar-refractivity contribution in [3.8, 4) is 5.75 Å². The highest BCUT2D eigenvalue weighted by Crippen LogP contribution is 2.24. The van der Waals surface area contributed by atoms with Crippen LogP contribution in [0.25, 0.3) is 0 Å². The van der Waals surface area contributed by atoms with E-state index in [1.807, 2.05) is 0 Å². The maximum absolute atomic E-state index is 13.8. The Hall–Kier alpha value is -2.51. The summed E-state index contributed by atoms with van der Waals surface area (Å²) in [7, 11) is 0. The van der Waals surface area contributed by atoms with E-state index in [1.54, 1.807) is 18.2 Å². The molecule has 142 valence electrons. The van der Waals surface area contributed by atoms with E-state index >= 15 is 0 Å². The van der Waals surface area contributed by atoms with E-state index in [2.05, 4.69) is 4.98 Å². The van der Waals surface area contributed by atoms with Crippen LogP contribution in [-0.4, -0.2) is 54.0 Å². The van der Waals surface area contributed by atoms with Crippen molar-refractivity contribution in [2.45, 2.75) is 13.0 Å². The molecule has 0 N–H and O–H groups in total. The monoisotopic (exact) mass is 392 g/mol. The molecule has 2 heterocycles. The summed E-state index contributed by atoms with van der Waals surface area (Å²) in [6.07, 6.45) is 0.888. The van der Waals surface area contributed by atoms with Gasteiger partial charge in [-0.2, -0.15) is 4.39 Å². The number of aromatic nitrogens is 1. The first-order chi connectivity index (χ1) is 13.0. The summed E-state index contributed by atoms with van der Waals surface area (Å²) in [5.74, 6) is -1.00. The molecule has 0 bridgehead atoms. The van der Waals surface area contributed by atoms with Gasteiger partial charge in [-0.25, -0.2) is 4.98 Å². The number of carbonyl (C=O) groups excluding carboxylic acids is 2. The molecular formula is C19H18ClFN2O4. The van der Waals surface area contributed by atoms with Gasteiger partial charge in [0.2, 0.25) is 5.95 Å². The van der Waals surface area contributed by atoms with E-state index in [0.717, 1.165) is 0 Å². The smallest absolute Gasteiger partial charge is 0.258 e. The molecule has 1 aliphatic heterocycles. The number of rotatable bonds is 5. The van der Waals surface area contributed by atoms with E-state index in [0.29, 0.717) is 29.5 Å². The fourth-order valence-electron chi connectivity index (χ4n) is 2.81. The van der Waals surface area contributed by atoms with Gasteiger partial charge >= 0.3 is 0 Å². The van der Waals surface area contributed by atoms with Crippen molar-refractivity contribution >= 4 is 23.3 Å². The number of amides is 1. The quantitative estimate of drug-likeness (QED) is 0.578. The van der Waals surface area contributed by atoms with Crippen LogP contribution in [-0.2, 0) is 4.74 Å². The predicted molar refractivity (Wildman–Crippen MR) is 96.8 cm³/mol. The van der Waals surface area contributed by atoms with Crippen LogP contribution in [0.4, 0.5) is 4.39 Å². The molecule has 1 aromatic carbocycles. The molecule has 2 aromatic rings. The van der Waals surface area contributed by atoms with Gasteiger partial charge in [0.25, 0.3) is 5.91 Å². The number of ketones is 1. The number of halogens is 2. The van der Waals surface area contributed by atoms with E-state index in [1.165, 1.54) is 30.2 Å². The second-order valence-electron chi connectivity index (χ2n) is 6.09. The highest BCUT2D eigenvalue weighted by molar-refractivity contribution is 6.31. The summed E-state index contributed by atoms with van der Waals surface area (Å²) in [5.41, 5.74) is 0.305. The highest BCUT2D eigenvalue weighted by Gasteiger charge is 2.27. The molecule has 1 fully saturated rings. The van der Waals surface area contributed by atoms with Gasteiger partial charge in [-0.3, -0.25) is 9.59 Å². The Balaban J connectivity index is 1.65. The molecule has 0 saturated carbocycles. The van der Waals surface area contributed by atoms with E-state index in [4.69, 9.17) is 21.1 Å². The SMILES string of the molecule is CC(=O)c1cc(Cl)ccc1OCC1CN(C(=O)c2cccnc2F)CCO1. The van der Waals surface area contributed by atoms with Gasteiger partial charge in [-0.1, -0.05) is 11.6 Å². The van der Waals surface area contributed by atoms with Gasteiger partial charge in [0.15, 0.2) is 5.78 Å². The second-order valence-corrected chi connectivity index (χ2v) is 6.53. The van der Waals surface area contributed by atoms with Crippen LogP contribution in [0.15, 0.2) is 36.5 Å². The third kappa shape index (κ3) is 4.61. The Bertz CT molecular complexity index is 861. The van der Waals surface area contributed by atoms with Crippen molar-refractivity contribution in [3.05, 3.63) is 58.6 Å². The van der Waals surface area contributed by atoms with Crippen molar-refractivity contribution in [2.24, 2.45) is 0 Å². The van der Waals surface area contributed by atoms with Crippen molar-refractivity contribution < 1.29 is 23.5 Å². The first kappa shape index (κ1) is 19.3. The Morgan fingerprint density at radius 2 is 2.19 bits per heavy atom. The number of pyridine rings is 1. The summed E-state index contributed by atoms with van der Waals surface area (Å²) >= 11 is 5.92. The van der Waals surface area contributed by atoms with Crippen LogP contribution in [0, 0.1) is 5.95 Å². The highest BCUT2D eigenvalue weighted by atomic mass is 35.5. The number of carbonyl (C=O) groups is 2. The molecule has 1 unspecified atom stereocenters. The standard InChI is InChI=1S/C19H18ClFN2O4/c1-12(24)16-9-13(20)4-5-17(16)27-11-14-10-23(7-8-26-14)19(25)15-3-2-6-22-18(15)21/h2-6,9,14H,7-8,10-11H2,1H3. The topological polar surface area (TPSA) is 68.7 Å². The van der Waals surface area contributed by atoms with Crippen LogP contribution in [0.1, 0.15) is 27.6 Å². The molecule has 0 aliphatic carbocycles. The van der Waals surface area contributed by atoms with Gasteiger partial charge in [-0.15, -0.1) is 0 Å². The Kier molecular flexibility index (Phi) is 6.03. The molecular weight excluding hydrogens is 375 g/mol. The lowest BCUT2D eigenvalue weighted by atomic mass is 10.1. The number of morpholine rings is 1. The minimum absolute atomic E-state index is 0.0735. The van der Waals surface area contributed by atoms with Crippen molar-refractivity contribution in [3.63, 3.8) is 0 Å². The Morgan fingerprint density at radius 1 is 1.37 bits per heavy atom. The first-order valence-corrected chi connectivity index (χ1v) is 8.78. The zero-order valence-electron chi connectivity index (χ0n) is 14.7. The van der Waals surface area contributed by atoms with Crippen LogP contribution in [0.2, 0.25) is 5.02 Å². The lowest BCUT2D eigenvalue weighted by Crippen LogP contribution is -2.47. The normalized spacial score (nSPS) is 16.9. The summed E-state index contributed by atoms with van der Waals surface area (Å²) in [6.45, 7) is 2.47. The fraction of sp³-hybridized carbons (Fsp3) is 0.316. The summed E-state index contributed by atoms with van der Waals surface area (Å²) in [4.78, 5) is 29.3. The average Bonchev–Trinajstić information content (AvgIpc) is 2.67. The second kappa shape index (κ2) is 8.45. The molecule has 1 atom stereocenters. The van der Waals surface area contributed by atoms with E-state index in [-0.39, 0.29) is 24.5 Å². The molecule has 8 heteroatoms. The molecule has 6 nitrogen and oxygen atoms in total. The fourth-order valence-corrected chi connectivity index (χ4v) is 2.98. The van der Waals surface area contributed by atoms with E-state index < -0.39 is 18.0 Å². The first-order valence-electron chi connectivity index (χ1n) is 8.40. The van der Waals surface area contributed by atoms with E-state index in [9.17, 15) is 14.0 Å². The molecule has 0 spiro atoms. The maximum Gasteiger partial charge on any atom is 0.258 e. The van der Waals surface area contributed by atoms with Crippen molar-refractivity contribution in [2.75, 3.05) is 26.3 Å². The number of nitrogens with zero attached hydrogens (tertiary/aromatic N) is 2. The Morgan fingerprint density at radius 3 is 2.93 bits per heavy atom. The number of hydrogen-bond acceptors (Lipinski definition) is 5. The lowest BCUT2D eigenvalue weighted by Gasteiger charge is -2.33. The molecule has 1 aliphatic rings. The molecule has 27 heavy (non-hydrogen) atoms. The van der Waals surface area contributed by atoms with Gasteiger partial charge in [0, 0.05) is 17.8 Å². The molecule has 3 rings (SSSR count). The minimum atomic E-state index is -0.797. The number of hydrogen-bond donors (Lipinski definition) is 0. The van der Waals surface area contributed by atoms with Gasteiger partial charge in [0.05, 0.1) is 24.3 Å².